The van der Waals surface area contributed by atoms with E-state index in [0.717, 1.165) is 28.2 Å². The number of aromatic hydroxyl groups is 1. The van der Waals surface area contributed by atoms with Gasteiger partial charge in [-0.25, -0.2) is 0 Å². The summed E-state index contributed by atoms with van der Waals surface area (Å²) in [6.45, 7) is 0. The Balaban J connectivity index is 1.73. The molecule has 0 radical (unpaired) electrons. The van der Waals surface area contributed by atoms with Gasteiger partial charge in [0.25, 0.3) is 0 Å². The van der Waals surface area contributed by atoms with Crippen molar-refractivity contribution in [3.8, 4) is 11.5 Å². The summed E-state index contributed by atoms with van der Waals surface area (Å²) in [5.41, 5.74) is 3.92. The maximum atomic E-state index is 10.4. The second-order valence-corrected chi connectivity index (χ2v) is 7.61. The monoisotopic (exact) mass is 398 g/mol. The first kappa shape index (κ1) is 18.0. The van der Waals surface area contributed by atoms with E-state index < -0.39 is 0 Å². The minimum absolute atomic E-state index is 0.0943. The summed E-state index contributed by atoms with van der Waals surface area (Å²) in [4.78, 5) is 4.93. The third kappa shape index (κ3) is 3.86. The zero-order chi connectivity index (χ0) is 18.8. The van der Waals surface area contributed by atoms with Crippen LogP contribution < -0.4 is 10.1 Å². The first-order chi connectivity index (χ1) is 13.1. The highest BCUT2D eigenvalue weighted by Crippen LogP contribution is 2.36. The maximum absolute atomic E-state index is 10.4. The number of methoxy groups -OCH3 is 1. The van der Waals surface area contributed by atoms with Crippen LogP contribution >= 0.6 is 22.9 Å². The number of phenolic OH excluding ortho intramolecular Hbond substituents is 1. The molecule has 2 heterocycles. The average Bonchev–Trinajstić information content (AvgIpc) is 3.24. The maximum Gasteiger partial charge on any atom is 0.127 e. The predicted molar refractivity (Wildman–Crippen MR) is 110 cm³/mol. The lowest BCUT2D eigenvalue weighted by atomic mass is 9.94. The number of phenols is 1. The lowest BCUT2D eigenvalue weighted by Gasteiger charge is -2.30. The minimum Gasteiger partial charge on any atom is -0.508 e. The van der Waals surface area contributed by atoms with Gasteiger partial charge in [0.15, 0.2) is 0 Å². The number of thiophene rings is 1. The Labute approximate surface area is 167 Å². The van der Waals surface area contributed by atoms with Gasteiger partial charge >= 0.3 is 0 Å². The molecule has 0 unspecified atom stereocenters. The van der Waals surface area contributed by atoms with Crippen molar-refractivity contribution < 1.29 is 9.84 Å². The first-order valence-corrected chi connectivity index (χ1v) is 9.94. The Kier molecular flexibility index (Phi) is 5.16. The highest BCUT2D eigenvalue weighted by atomic mass is 35.5. The molecule has 6 heteroatoms. The molecule has 1 aliphatic heterocycles. The highest BCUT2D eigenvalue weighted by molar-refractivity contribution is 7.08. The largest absolute Gasteiger partial charge is 0.508 e. The van der Waals surface area contributed by atoms with E-state index in [-0.39, 0.29) is 18.0 Å². The van der Waals surface area contributed by atoms with E-state index in [4.69, 9.17) is 21.3 Å². The number of aliphatic imine (C=N–C) groups is 1. The average molecular weight is 399 g/mol. The zero-order valence-corrected chi connectivity index (χ0v) is 16.3. The standard InChI is InChI=1S/C21H19ClN2O2S/c1-26-16-5-2-13(3-6-16)18-11-19(17-10-15(22)4-7-20(17)25)24-21(23-18)14-8-9-27-12-14/h2-10,12,19,21,24-25H,11H2,1H3/t19-,21-/m1/s1. The summed E-state index contributed by atoms with van der Waals surface area (Å²) in [7, 11) is 1.65. The first-order valence-electron chi connectivity index (χ1n) is 8.61. The minimum atomic E-state index is -0.175. The Hall–Kier alpha value is -2.34. The van der Waals surface area contributed by atoms with Crippen molar-refractivity contribution in [1.29, 1.82) is 0 Å². The fourth-order valence-corrected chi connectivity index (χ4v) is 4.13. The van der Waals surface area contributed by atoms with Crippen LogP contribution in [0.4, 0.5) is 0 Å². The van der Waals surface area contributed by atoms with Crippen molar-refractivity contribution in [3.05, 3.63) is 81.0 Å². The quantitative estimate of drug-likeness (QED) is 0.623. The van der Waals surface area contributed by atoms with Crippen LogP contribution in [0.15, 0.2) is 64.3 Å². The van der Waals surface area contributed by atoms with Gasteiger partial charge in [-0.05, 0) is 64.9 Å². The second kappa shape index (κ2) is 7.72. The summed E-state index contributed by atoms with van der Waals surface area (Å²) >= 11 is 7.82. The SMILES string of the molecule is COc1ccc(C2=N[C@@H](c3ccsc3)N[C@@H](c3cc(Cl)ccc3O)C2)cc1. The van der Waals surface area contributed by atoms with Crippen LogP contribution in [-0.2, 0) is 0 Å². The Morgan fingerprint density at radius 2 is 2.00 bits per heavy atom. The molecule has 0 amide bonds. The summed E-state index contributed by atoms with van der Waals surface area (Å²) in [5, 5.41) is 18.6. The summed E-state index contributed by atoms with van der Waals surface area (Å²) in [6.07, 6.45) is 0.478. The number of nitrogens with one attached hydrogen (secondary N) is 1. The molecule has 0 saturated carbocycles. The van der Waals surface area contributed by atoms with Gasteiger partial charge in [-0.1, -0.05) is 11.6 Å². The van der Waals surface area contributed by atoms with E-state index in [9.17, 15) is 5.11 Å². The molecule has 2 atom stereocenters. The van der Waals surface area contributed by atoms with Crippen molar-refractivity contribution in [2.75, 3.05) is 7.11 Å². The molecule has 0 fully saturated rings. The van der Waals surface area contributed by atoms with E-state index in [1.54, 1.807) is 30.6 Å². The highest BCUT2D eigenvalue weighted by Gasteiger charge is 2.28. The van der Waals surface area contributed by atoms with Gasteiger partial charge in [-0.15, -0.1) is 0 Å². The lowest BCUT2D eigenvalue weighted by molar-refractivity contribution is 0.412. The molecule has 1 aromatic heterocycles. The molecule has 138 valence electrons. The van der Waals surface area contributed by atoms with Crippen LogP contribution in [-0.4, -0.2) is 17.9 Å². The Morgan fingerprint density at radius 1 is 1.19 bits per heavy atom. The smallest absolute Gasteiger partial charge is 0.127 e. The van der Waals surface area contributed by atoms with Crippen LogP contribution in [0.3, 0.4) is 0 Å². The van der Waals surface area contributed by atoms with Crippen molar-refractivity contribution >= 4 is 28.6 Å². The van der Waals surface area contributed by atoms with E-state index in [2.05, 4.69) is 16.8 Å². The van der Waals surface area contributed by atoms with Gasteiger partial charge in [0.1, 0.15) is 17.7 Å². The Morgan fingerprint density at radius 3 is 2.70 bits per heavy atom. The molecule has 0 saturated heterocycles. The van der Waals surface area contributed by atoms with Crippen molar-refractivity contribution in [1.82, 2.24) is 5.32 Å². The van der Waals surface area contributed by atoms with Crippen LogP contribution in [0.5, 0.6) is 11.5 Å². The predicted octanol–water partition coefficient (Wildman–Crippen LogP) is 5.34. The van der Waals surface area contributed by atoms with Gasteiger partial charge in [-0.2, -0.15) is 11.3 Å². The molecule has 2 N–H and O–H groups in total. The molecular formula is C21H19ClN2O2S. The molecular weight excluding hydrogens is 380 g/mol. The van der Waals surface area contributed by atoms with E-state index >= 15 is 0 Å². The molecule has 0 spiro atoms. The van der Waals surface area contributed by atoms with Gasteiger partial charge < -0.3 is 9.84 Å². The molecule has 27 heavy (non-hydrogen) atoms. The van der Waals surface area contributed by atoms with Gasteiger partial charge in [-0.3, -0.25) is 10.3 Å². The van der Waals surface area contributed by atoms with Crippen LogP contribution in [0, 0.1) is 0 Å². The third-order valence-corrected chi connectivity index (χ3v) is 5.63. The summed E-state index contributed by atoms with van der Waals surface area (Å²) in [5.74, 6) is 1.05. The van der Waals surface area contributed by atoms with Gasteiger partial charge in [0.05, 0.1) is 7.11 Å². The van der Waals surface area contributed by atoms with Gasteiger partial charge in [0, 0.05) is 34.3 Å². The second-order valence-electron chi connectivity index (χ2n) is 6.39. The Bertz CT molecular complexity index is 955. The fraction of sp³-hybridized carbons (Fsp3) is 0.190. The molecule has 0 aliphatic carbocycles. The van der Waals surface area contributed by atoms with Crippen molar-refractivity contribution in [3.63, 3.8) is 0 Å². The van der Waals surface area contributed by atoms with Crippen LogP contribution in [0.1, 0.15) is 35.3 Å². The number of ether oxygens (including phenoxy) is 1. The van der Waals surface area contributed by atoms with Crippen molar-refractivity contribution in [2.24, 2.45) is 4.99 Å². The number of rotatable bonds is 4. The summed E-state index contributed by atoms with van der Waals surface area (Å²) < 4.78 is 5.26. The molecule has 4 rings (SSSR count). The van der Waals surface area contributed by atoms with Crippen LogP contribution in [0.25, 0.3) is 0 Å². The molecule has 1 aliphatic rings. The number of hydrogen-bond donors (Lipinski definition) is 2. The lowest BCUT2D eigenvalue weighted by Crippen LogP contribution is -2.32. The van der Waals surface area contributed by atoms with E-state index in [1.807, 2.05) is 35.7 Å². The molecule has 4 nitrogen and oxygen atoms in total. The van der Waals surface area contributed by atoms with E-state index in [0.29, 0.717) is 11.4 Å². The number of benzene rings is 2. The number of nitrogens with zero attached hydrogens (tertiary/aromatic N) is 1. The van der Waals surface area contributed by atoms with Gasteiger partial charge in [0.2, 0.25) is 0 Å². The zero-order valence-electron chi connectivity index (χ0n) is 14.7. The van der Waals surface area contributed by atoms with E-state index in [1.165, 1.54) is 0 Å². The number of halogens is 1. The third-order valence-electron chi connectivity index (χ3n) is 4.69. The number of hydrogen-bond acceptors (Lipinski definition) is 5. The topological polar surface area (TPSA) is 53.8 Å². The molecule has 2 aromatic carbocycles. The summed E-state index contributed by atoms with van der Waals surface area (Å²) in [6, 6.07) is 15.0. The normalized spacial score (nSPS) is 19.6. The fourth-order valence-electron chi connectivity index (χ4n) is 3.27. The van der Waals surface area contributed by atoms with Crippen molar-refractivity contribution in [2.45, 2.75) is 18.6 Å². The molecule has 0 bridgehead atoms. The van der Waals surface area contributed by atoms with Crippen LogP contribution in [0.2, 0.25) is 5.02 Å². The molecule has 3 aromatic rings.